The van der Waals surface area contributed by atoms with E-state index in [0.717, 1.165) is 28.4 Å². The summed E-state index contributed by atoms with van der Waals surface area (Å²) in [5, 5.41) is -0.210. The molecular weight excluding hydrogens is 351 g/mol. The predicted molar refractivity (Wildman–Crippen MR) is 91.9 cm³/mol. The number of carbonyl (C=O) groups is 2. The van der Waals surface area contributed by atoms with Crippen molar-refractivity contribution in [3.05, 3.63) is 69.1 Å². The van der Waals surface area contributed by atoms with Gasteiger partial charge in [0.2, 0.25) is 0 Å². The second-order valence-corrected chi connectivity index (χ2v) is 6.61. The van der Waals surface area contributed by atoms with Gasteiger partial charge in [-0.15, -0.1) is 0 Å². The van der Waals surface area contributed by atoms with Gasteiger partial charge in [-0.3, -0.25) is 19.5 Å². The number of hydrogen-bond acceptors (Lipinski definition) is 4. The number of carbonyl (C=O) groups excluding carboxylic acids is 2. The van der Waals surface area contributed by atoms with Crippen molar-refractivity contribution in [3.8, 4) is 0 Å². The zero-order valence-corrected chi connectivity index (χ0v) is 14.2. The van der Waals surface area contributed by atoms with Crippen LogP contribution in [0.3, 0.4) is 0 Å². The molecule has 0 atom stereocenters. The molecule has 1 aliphatic heterocycles. The van der Waals surface area contributed by atoms with E-state index in [0.29, 0.717) is 16.2 Å². The van der Waals surface area contributed by atoms with E-state index in [1.54, 1.807) is 12.1 Å². The summed E-state index contributed by atoms with van der Waals surface area (Å²) in [5.74, 6) is -0.878. The number of imide groups is 1. The van der Waals surface area contributed by atoms with E-state index in [2.05, 4.69) is 4.98 Å². The van der Waals surface area contributed by atoms with Crippen molar-refractivity contribution in [2.24, 2.45) is 0 Å². The second kappa shape index (κ2) is 6.75. The van der Waals surface area contributed by atoms with Gasteiger partial charge in [-0.1, -0.05) is 23.7 Å². The van der Waals surface area contributed by atoms with Gasteiger partial charge >= 0.3 is 0 Å². The van der Waals surface area contributed by atoms with Crippen LogP contribution in [0.4, 0.5) is 9.18 Å². The van der Waals surface area contributed by atoms with Crippen LogP contribution in [-0.4, -0.2) is 21.0 Å². The molecule has 0 bridgehead atoms. The molecule has 122 valence electrons. The van der Waals surface area contributed by atoms with Gasteiger partial charge in [-0.2, -0.15) is 0 Å². The van der Waals surface area contributed by atoms with E-state index >= 15 is 0 Å². The third-order valence-corrected chi connectivity index (χ3v) is 4.67. The minimum atomic E-state index is -0.469. The van der Waals surface area contributed by atoms with Crippen molar-refractivity contribution in [2.75, 3.05) is 0 Å². The zero-order chi connectivity index (χ0) is 17.3. The van der Waals surface area contributed by atoms with Crippen molar-refractivity contribution in [1.29, 1.82) is 0 Å². The summed E-state index contributed by atoms with van der Waals surface area (Å²) < 4.78 is 13.1. The summed E-state index contributed by atoms with van der Waals surface area (Å²) in [5.41, 5.74) is 1.94. The number of thioether (sulfide) groups is 1. The second-order valence-electron chi connectivity index (χ2n) is 5.21. The Bertz CT molecular complexity index is 869. The van der Waals surface area contributed by atoms with Crippen LogP contribution >= 0.6 is 23.4 Å². The Morgan fingerprint density at radius 3 is 2.79 bits per heavy atom. The topological polar surface area (TPSA) is 50.3 Å². The van der Waals surface area contributed by atoms with E-state index in [1.807, 2.05) is 19.1 Å². The highest BCUT2D eigenvalue weighted by atomic mass is 35.5. The molecule has 1 aliphatic rings. The molecule has 0 aliphatic carbocycles. The number of amides is 2. The molecule has 24 heavy (non-hydrogen) atoms. The average molecular weight is 363 g/mol. The predicted octanol–water partition coefficient (Wildman–Crippen LogP) is 4.42. The fourth-order valence-electron chi connectivity index (χ4n) is 2.24. The van der Waals surface area contributed by atoms with Crippen LogP contribution in [0.5, 0.6) is 0 Å². The summed E-state index contributed by atoms with van der Waals surface area (Å²) in [6.45, 7) is 1.85. The number of halogens is 2. The van der Waals surface area contributed by atoms with Gasteiger partial charge in [0, 0.05) is 10.7 Å². The quantitative estimate of drug-likeness (QED) is 0.758. The molecule has 2 aromatic rings. The van der Waals surface area contributed by atoms with Crippen LogP contribution in [0.2, 0.25) is 5.02 Å². The van der Waals surface area contributed by atoms with Crippen molar-refractivity contribution in [2.45, 2.75) is 13.5 Å². The largest absolute Gasteiger partial charge is 0.293 e. The molecule has 1 saturated heterocycles. The molecule has 0 N–H and O–H groups in total. The molecular formula is C17H12ClFN2O2S. The van der Waals surface area contributed by atoms with E-state index in [1.165, 1.54) is 12.1 Å². The third kappa shape index (κ3) is 3.49. The lowest BCUT2D eigenvalue weighted by atomic mass is 10.2. The van der Waals surface area contributed by atoms with Gasteiger partial charge in [0.1, 0.15) is 5.82 Å². The van der Waals surface area contributed by atoms with Crippen LogP contribution in [0, 0.1) is 12.7 Å². The average Bonchev–Trinajstić information content (AvgIpc) is 2.77. The maximum absolute atomic E-state index is 13.1. The lowest BCUT2D eigenvalue weighted by Gasteiger charge is -2.13. The first-order valence-corrected chi connectivity index (χ1v) is 8.26. The molecule has 0 spiro atoms. The number of nitrogens with zero attached hydrogens (tertiary/aromatic N) is 2. The minimum absolute atomic E-state index is 0.00235. The Morgan fingerprint density at radius 1 is 1.29 bits per heavy atom. The normalized spacial score (nSPS) is 16.3. The number of aromatic nitrogens is 1. The number of aryl methyl sites for hydroxylation is 1. The molecule has 3 rings (SSSR count). The molecule has 0 radical (unpaired) electrons. The van der Waals surface area contributed by atoms with Crippen LogP contribution in [0.25, 0.3) is 6.08 Å². The maximum atomic E-state index is 13.1. The number of benzene rings is 1. The molecule has 7 heteroatoms. The number of rotatable bonds is 3. The van der Waals surface area contributed by atoms with Gasteiger partial charge < -0.3 is 0 Å². The Hall–Kier alpha value is -2.18. The van der Waals surface area contributed by atoms with Crippen LogP contribution in [-0.2, 0) is 11.3 Å². The van der Waals surface area contributed by atoms with Crippen LogP contribution in [0.15, 0.2) is 41.3 Å². The Morgan fingerprint density at radius 2 is 2.08 bits per heavy atom. The fourth-order valence-corrected chi connectivity index (χ4v) is 3.29. The minimum Gasteiger partial charge on any atom is -0.268 e. The van der Waals surface area contributed by atoms with Gasteiger partial charge in [0.05, 0.1) is 17.1 Å². The molecule has 1 fully saturated rings. The van der Waals surface area contributed by atoms with Crippen molar-refractivity contribution in [3.63, 3.8) is 0 Å². The molecule has 0 unspecified atom stereocenters. The first-order chi connectivity index (χ1) is 11.4. The van der Waals surface area contributed by atoms with Gasteiger partial charge in [-0.25, -0.2) is 4.39 Å². The third-order valence-electron chi connectivity index (χ3n) is 3.41. The van der Waals surface area contributed by atoms with E-state index < -0.39 is 11.7 Å². The first-order valence-electron chi connectivity index (χ1n) is 7.07. The molecule has 2 amide bonds. The highest BCUT2D eigenvalue weighted by Gasteiger charge is 2.35. The van der Waals surface area contributed by atoms with Crippen molar-refractivity contribution < 1.29 is 14.0 Å². The first kappa shape index (κ1) is 16.7. The lowest BCUT2D eigenvalue weighted by molar-refractivity contribution is -0.123. The highest BCUT2D eigenvalue weighted by Crippen LogP contribution is 2.34. The molecule has 1 aromatic heterocycles. The maximum Gasteiger partial charge on any atom is 0.293 e. The summed E-state index contributed by atoms with van der Waals surface area (Å²) in [4.78, 5) is 30.3. The van der Waals surface area contributed by atoms with Crippen LogP contribution in [0.1, 0.15) is 17.0 Å². The standard InChI is InChI=1S/C17H12ClFN2O2S/c1-10-3-2-4-13(20-10)8-15-16(22)21(17(23)24-15)9-11-5-6-12(19)7-14(11)18/h2-8H,9H2,1H3. The molecule has 0 saturated carbocycles. The van der Waals surface area contributed by atoms with Gasteiger partial charge in [0.25, 0.3) is 11.1 Å². The Balaban J connectivity index is 1.84. The molecule has 2 heterocycles. The Labute approximate surface area is 147 Å². The zero-order valence-electron chi connectivity index (χ0n) is 12.6. The van der Waals surface area contributed by atoms with Crippen molar-refractivity contribution >= 4 is 40.6 Å². The van der Waals surface area contributed by atoms with E-state index in [4.69, 9.17) is 11.6 Å². The van der Waals surface area contributed by atoms with Gasteiger partial charge in [-0.05, 0) is 54.6 Å². The van der Waals surface area contributed by atoms with Crippen molar-refractivity contribution in [1.82, 2.24) is 9.88 Å². The fraction of sp³-hybridized carbons (Fsp3) is 0.118. The summed E-state index contributed by atoms with van der Waals surface area (Å²) in [6, 6.07) is 9.30. The lowest BCUT2D eigenvalue weighted by Crippen LogP contribution is -2.27. The SMILES string of the molecule is Cc1cccc(C=C2SC(=O)N(Cc3ccc(F)cc3Cl)C2=O)n1. The van der Waals surface area contributed by atoms with Gasteiger partial charge in [0.15, 0.2) is 0 Å². The summed E-state index contributed by atoms with van der Waals surface area (Å²) >= 11 is 6.82. The molecule has 1 aromatic carbocycles. The highest BCUT2D eigenvalue weighted by molar-refractivity contribution is 8.18. The van der Waals surface area contributed by atoms with Crippen LogP contribution < -0.4 is 0 Å². The van der Waals surface area contributed by atoms with E-state index in [-0.39, 0.29) is 16.8 Å². The number of pyridine rings is 1. The monoisotopic (exact) mass is 362 g/mol. The number of hydrogen-bond donors (Lipinski definition) is 0. The summed E-state index contributed by atoms with van der Waals surface area (Å²) in [6.07, 6.45) is 1.59. The molecule has 4 nitrogen and oxygen atoms in total. The Kier molecular flexibility index (Phi) is 4.69. The summed E-state index contributed by atoms with van der Waals surface area (Å²) in [7, 11) is 0. The smallest absolute Gasteiger partial charge is 0.268 e. The van der Waals surface area contributed by atoms with E-state index in [9.17, 15) is 14.0 Å².